The van der Waals surface area contributed by atoms with Crippen LogP contribution in [0.5, 0.6) is 0 Å². The monoisotopic (exact) mass is 178 g/mol. The molecule has 2 heteroatoms. The molecule has 0 aliphatic rings. The van der Waals surface area contributed by atoms with Gasteiger partial charge in [-0.3, -0.25) is 0 Å². The highest BCUT2D eigenvalue weighted by molar-refractivity contribution is 5.45. The molecule has 1 aromatic carbocycles. The summed E-state index contributed by atoms with van der Waals surface area (Å²) in [4.78, 5) is 0. The zero-order valence-corrected chi connectivity index (χ0v) is 8.22. The molecule has 0 amide bonds. The Morgan fingerprint density at radius 1 is 1.38 bits per heavy atom. The smallest absolute Gasteiger partial charge is 0.0342 e. The molecule has 0 saturated carbocycles. The molecular formula is C11H18N2. The van der Waals surface area contributed by atoms with Crippen molar-refractivity contribution >= 4 is 5.69 Å². The van der Waals surface area contributed by atoms with Crippen molar-refractivity contribution < 1.29 is 0 Å². The van der Waals surface area contributed by atoms with Gasteiger partial charge in [-0.1, -0.05) is 19.1 Å². The largest absolute Gasteiger partial charge is 0.385 e. The van der Waals surface area contributed by atoms with Crippen molar-refractivity contribution in [1.29, 1.82) is 0 Å². The highest BCUT2D eigenvalue weighted by atomic mass is 14.9. The lowest BCUT2D eigenvalue weighted by atomic mass is 10.1. The predicted molar refractivity (Wildman–Crippen MR) is 58.0 cm³/mol. The van der Waals surface area contributed by atoms with Gasteiger partial charge in [-0.05, 0) is 37.1 Å². The van der Waals surface area contributed by atoms with Gasteiger partial charge in [-0.2, -0.15) is 0 Å². The van der Waals surface area contributed by atoms with Crippen LogP contribution in [0.4, 0.5) is 5.69 Å². The van der Waals surface area contributed by atoms with Crippen molar-refractivity contribution in [3.05, 3.63) is 29.8 Å². The van der Waals surface area contributed by atoms with E-state index in [1.165, 1.54) is 11.3 Å². The average Bonchev–Trinajstić information content (AvgIpc) is 2.16. The Bertz CT molecular complexity index is 246. The van der Waals surface area contributed by atoms with E-state index in [0.717, 1.165) is 25.9 Å². The van der Waals surface area contributed by atoms with E-state index in [4.69, 9.17) is 5.73 Å². The molecule has 0 heterocycles. The van der Waals surface area contributed by atoms with Gasteiger partial charge in [-0.25, -0.2) is 0 Å². The Hall–Kier alpha value is -1.02. The van der Waals surface area contributed by atoms with E-state index in [1.807, 2.05) is 0 Å². The first kappa shape index (κ1) is 10.1. The first-order chi connectivity index (χ1) is 6.36. The van der Waals surface area contributed by atoms with Crippen LogP contribution in [0.25, 0.3) is 0 Å². The van der Waals surface area contributed by atoms with Crippen molar-refractivity contribution in [2.45, 2.75) is 19.8 Å². The highest BCUT2D eigenvalue weighted by Crippen LogP contribution is 2.10. The molecule has 0 aliphatic heterocycles. The zero-order valence-electron chi connectivity index (χ0n) is 8.22. The Morgan fingerprint density at radius 2 is 2.23 bits per heavy atom. The van der Waals surface area contributed by atoms with Gasteiger partial charge in [0.15, 0.2) is 0 Å². The number of hydrogen-bond acceptors (Lipinski definition) is 2. The van der Waals surface area contributed by atoms with Crippen LogP contribution in [0.2, 0.25) is 0 Å². The minimum atomic E-state index is 0.719. The number of anilines is 1. The number of benzene rings is 1. The van der Waals surface area contributed by atoms with Gasteiger partial charge in [0, 0.05) is 12.2 Å². The standard InChI is InChI=1S/C11H18N2/c1-2-8-13-11-5-3-4-10(9-11)6-7-12/h3-5,9,13H,2,6-8,12H2,1H3. The maximum atomic E-state index is 5.49. The Kier molecular flexibility index (Phi) is 4.33. The minimum Gasteiger partial charge on any atom is -0.385 e. The van der Waals surface area contributed by atoms with E-state index in [2.05, 4.69) is 36.5 Å². The van der Waals surface area contributed by atoms with Crippen LogP contribution in [0.1, 0.15) is 18.9 Å². The van der Waals surface area contributed by atoms with Crippen LogP contribution in [-0.4, -0.2) is 13.1 Å². The van der Waals surface area contributed by atoms with Gasteiger partial charge in [0.1, 0.15) is 0 Å². The van der Waals surface area contributed by atoms with Crippen molar-refractivity contribution in [2.75, 3.05) is 18.4 Å². The van der Waals surface area contributed by atoms with Crippen LogP contribution < -0.4 is 11.1 Å². The molecule has 0 saturated heterocycles. The fourth-order valence-corrected chi connectivity index (χ4v) is 1.27. The molecule has 2 nitrogen and oxygen atoms in total. The van der Waals surface area contributed by atoms with E-state index in [0.29, 0.717) is 0 Å². The summed E-state index contributed by atoms with van der Waals surface area (Å²) >= 11 is 0. The van der Waals surface area contributed by atoms with Crippen molar-refractivity contribution in [3.63, 3.8) is 0 Å². The molecule has 0 bridgehead atoms. The third kappa shape index (κ3) is 3.47. The maximum Gasteiger partial charge on any atom is 0.0342 e. The van der Waals surface area contributed by atoms with E-state index < -0.39 is 0 Å². The number of rotatable bonds is 5. The SMILES string of the molecule is CCCNc1cccc(CCN)c1. The van der Waals surface area contributed by atoms with Gasteiger partial charge in [0.25, 0.3) is 0 Å². The number of hydrogen-bond donors (Lipinski definition) is 2. The quantitative estimate of drug-likeness (QED) is 0.724. The summed E-state index contributed by atoms with van der Waals surface area (Å²) in [5.41, 5.74) is 8.00. The first-order valence-electron chi connectivity index (χ1n) is 4.89. The molecule has 13 heavy (non-hydrogen) atoms. The fraction of sp³-hybridized carbons (Fsp3) is 0.455. The lowest BCUT2D eigenvalue weighted by Crippen LogP contribution is -2.04. The van der Waals surface area contributed by atoms with E-state index >= 15 is 0 Å². The van der Waals surface area contributed by atoms with Gasteiger partial charge in [-0.15, -0.1) is 0 Å². The molecule has 0 unspecified atom stereocenters. The molecular weight excluding hydrogens is 160 g/mol. The second-order valence-corrected chi connectivity index (χ2v) is 3.17. The normalized spacial score (nSPS) is 10.0. The Morgan fingerprint density at radius 3 is 2.92 bits per heavy atom. The highest BCUT2D eigenvalue weighted by Gasteiger charge is 1.93. The average molecular weight is 178 g/mol. The van der Waals surface area contributed by atoms with Crippen LogP contribution in [0.3, 0.4) is 0 Å². The van der Waals surface area contributed by atoms with Crippen LogP contribution in [-0.2, 0) is 6.42 Å². The van der Waals surface area contributed by atoms with Crippen LogP contribution >= 0.6 is 0 Å². The van der Waals surface area contributed by atoms with Crippen molar-refractivity contribution in [3.8, 4) is 0 Å². The van der Waals surface area contributed by atoms with E-state index in [9.17, 15) is 0 Å². The molecule has 0 aromatic heterocycles. The molecule has 0 radical (unpaired) electrons. The van der Waals surface area contributed by atoms with Gasteiger partial charge >= 0.3 is 0 Å². The molecule has 0 atom stereocenters. The predicted octanol–water partition coefficient (Wildman–Crippen LogP) is 2.01. The third-order valence-electron chi connectivity index (χ3n) is 1.94. The van der Waals surface area contributed by atoms with Crippen LogP contribution in [0.15, 0.2) is 24.3 Å². The molecule has 0 aliphatic carbocycles. The lowest BCUT2D eigenvalue weighted by molar-refractivity contribution is 0.960. The Labute approximate surface area is 80.1 Å². The molecule has 0 spiro atoms. The third-order valence-corrected chi connectivity index (χ3v) is 1.94. The second kappa shape index (κ2) is 5.60. The van der Waals surface area contributed by atoms with E-state index in [-0.39, 0.29) is 0 Å². The molecule has 3 N–H and O–H groups in total. The van der Waals surface area contributed by atoms with Gasteiger partial charge in [0.2, 0.25) is 0 Å². The van der Waals surface area contributed by atoms with Gasteiger partial charge < -0.3 is 11.1 Å². The fourth-order valence-electron chi connectivity index (χ4n) is 1.27. The summed E-state index contributed by atoms with van der Waals surface area (Å²) in [6.07, 6.45) is 2.11. The number of nitrogens with two attached hydrogens (primary N) is 1. The Balaban J connectivity index is 2.56. The summed E-state index contributed by atoms with van der Waals surface area (Å²) in [6.45, 7) is 3.92. The summed E-state index contributed by atoms with van der Waals surface area (Å²) in [5, 5.41) is 3.35. The van der Waals surface area contributed by atoms with Crippen LogP contribution in [0, 0.1) is 0 Å². The summed E-state index contributed by atoms with van der Waals surface area (Å²) in [7, 11) is 0. The van der Waals surface area contributed by atoms with E-state index in [1.54, 1.807) is 0 Å². The van der Waals surface area contributed by atoms with Gasteiger partial charge in [0.05, 0.1) is 0 Å². The summed E-state index contributed by atoms with van der Waals surface area (Å²) in [6, 6.07) is 8.45. The lowest BCUT2D eigenvalue weighted by Gasteiger charge is -2.06. The second-order valence-electron chi connectivity index (χ2n) is 3.17. The topological polar surface area (TPSA) is 38.0 Å². The molecule has 1 rings (SSSR count). The molecule has 72 valence electrons. The van der Waals surface area contributed by atoms with Crippen molar-refractivity contribution in [2.24, 2.45) is 5.73 Å². The number of nitrogens with one attached hydrogen (secondary N) is 1. The molecule has 0 fully saturated rings. The van der Waals surface area contributed by atoms with Crippen molar-refractivity contribution in [1.82, 2.24) is 0 Å². The first-order valence-corrected chi connectivity index (χ1v) is 4.89. The molecule has 1 aromatic rings. The minimum absolute atomic E-state index is 0.719. The zero-order chi connectivity index (χ0) is 9.52. The maximum absolute atomic E-state index is 5.49. The summed E-state index contributed by atoms with van der Waals surface area (Å²) < 4.78 is 0. The summed E-state index contributed by atoms with van der Waals surface area (Å²) in [5.74, 6) is 0.